The third-order valence-electron chi connectivity index (χ3n) is 15.3. The van der Waals surface area contributed by atoms with Crippen molar-refractivity contribution < 1.29 is 0 Å². The van der Waals surface area contributed by atoms with Gasteiger partial charge in [0, 0.05) is 28.1 Å². The molecule has 0 saturated carbocycles. The Labute approximate surface area is 435 Å². The smallest absolute Gasteiger partial charge is 0.160 e. The van der Waals surface area contributed by atoms with Crippen LogP contribution in [0.1, 0.15) is 155 Å². The predicted molar refractivity (Wildman–Crippen MR) is 313 cm³/mol. The van der Waals surface area contributed by atoms with Crippen LogP contribution in [-0.2, 0) is 6.42 Å². The minimum absolute atomic E-state index is 0.270. The van der Waals surface area contributed by atoms with Crippen molar-refractivity contribution in [1.29, 1.82) is 0 Å². The van der Waals surface area contributed by atoms with Crippen molar-refractivity contribution in [3.05, 3.63) is 206 Å². The molecule has 0 N–H and O–H groups in total. The second-order valence-electron chi connectivity index (χ2n) is 21.2. The summed E-state index contributed by atoms with van der Waals surface area (Å²) in [5, 5.41) is 0. The molecule has 0 bridgehead atoms. The SMILES string of the molecule is C=CC(C)C1=C(C)CC2=C1CC(C)C=C2.CC.CC/C=C\c1c(C)c2c(n1-c1cc(-c3cc(-c4ccccc4)nc(-c4ccccc4)n3)cc(C(C)CC(=C(C)C)C3=C(C)C=CC(C)C3)c1C)C=CC(C)C2. The summed E-state index contributed by atoms with van der Waals surface area (Å²) in [6.07, 6.45) is 27.3. The minimum atomic E-state index is 0.270. The summed E-state index contributed by atoms with van der Waals surface area (Å²) in [6, 6.07) is 27.9. The van der Waals surface area contributed by atoms with E-state index in [1.165, 1.54) is 68.0 Å². The van der Waals surface area contributed by atoms with Crippen LogP contribution in [0.5, 0.6) is 0 Å². The van der Waals surface area contributed by atoms with Gasteiger partial charge in [-0.15, -0.1) is 6.58 Å². The molecule has 5 unspecified atom stereocenters. The second kappa shape index (κ2) is 23.9. The van der Waals surface area contributed by atoms with Crippen molar-refractivity contribution in [1.82, 2.24) is 14.5 Å². The van der Waals surface area contributed by atoms with E-state index in [-0.39, 0.29) is 5.92 Å². The van der Waals surface area contributed by atoms with E-state index in [0.29, 0.717) is 23.7 Å². The van der Waals surface area contributed by atoms with Gasteiger partial charge in [0.05, 0.1) is 17.1 Å². The maximum absolute atomic E-state index is 5.35. The Morgan fingerprint density at radius 2 is 1.35 bits per heavy atom. The third-order valence-corrected chi connectivity index (χ3v) is 15.3. The maximum atomic E-state index is 5.35. The zero-order valence-electron chi connectivity index (χ0n) is 46.4. The van der Waals surface area contributed by atoms with Crippen molar-refractivity contribution in [3.63, 3.8) is 0 Å². The quantitative estimate of drug-likeness (QED) is 0.117. The Morgan fingerprint density at radius 3 is 2.00 bits per heavy atom. The molecule has 0 aliphatic heterocycles. The van der Waals surface area contributed by atoms with Crippen molar-refractivity contribution in [2.75, 3.05) is 0 Å². The van der Waals surface area contributed by atoms with Crippen LogP contribution in [0.25, 0.3) is 51.7 Å². The van der Waals surface area contributed by atoms with Gasteiger partial charge < -0.3 is 4.57 Å². The van der Waals surface area contributed by atoms with Gasteiger partial charge in [-0.2, -0.15) is 0 Å². The number of aromatic nitrogens is 3. The molecule has 2 aromatic heterocycles. The van der Waals surface area contributed by atoms with E-state index >= 15 is 0 Å². The minimum Gasteiger partial charge on any atom is -0.310 e. The van der Waals surface area contributed by atoms with Crippen LogP contribution in [0.15, 0.2) is 173 Å². The number of nitrogens with zero attached hydrogens (tertiary/aromatic N) is 3. The molecule has 72 heavy (non-hydrogen) atoms. The van der Waals surface area contributed by atoms with Crippen molar-refractivity contribution >= 4 is 12.2 Å². The number of allylic oxidation sites excluding steroid dienone is 15. The van der Waals surface area contributed by atoms with Crippen molar-refractivity contribution in [2.24, 2.45) is 23.7 Å². The number of rotatable bonds is 12. The summed E-state index contributed by atoms with van der Waals surface area (Å²) in [4.78, 5) is 10.5. The number of benzene rings is 3. The van der Waals surface area contributed by atoms with Crippen LogP contribution in [0.4, 0.5) is 0 Å². The van der Waals surface area contributed by atoms with Gasteiger partial charge in [-0.3, -0.25) is 0 Å². The van der Waals surface area contributed by atoms with E-state index in [1.807, 2.05) is 19.9 Å². The standard InChI is InChI=1S/C52H57N3.C15H20.C2H6/c1-10-11-22-49-39(9)46-28-35(5)24-26-50(46)55(49)51-31-42(30-44(38(51)8)37(7)29-43(33(2)3)45-27-34(4)23-25-36(45)6)48-32-47(40-18-14-12-15-19-40)53-52(54-48)41-20-16-13-17-21-41;1-5-11(3)15-12(4)9-13-7-6-10(2)8-14(13)15;1-2/h11-26,30-32,34-35,37H,10,27-29H2,1-9H3;5-7,10-11H,1,8-9H2,2-4H3;1-2H3/b22-11-;;. The highest BCUT2D eigenvalue weighted by Crippen LogP contribution is 2.44. The zero-order chi connectivity index (χ0) is 51.8. The molecule has 9 rings (SSSR count). The fourth-order valence-corrected chi connectivity index (χ4v) is 11.4. The number of fused-ring (bicyclic) bond motifs is 1. The molecular weight excluding hydrogens is 871 g/mol. The molecule has 3 nitrogen and oxygen atoms in total. The van der Waals surface area contributed by atoms with Crippen LogP contribution in [0, 0.1) is 37.5 Å². The highest BCUT2D eigenvalue weighted by Gasteiger charge is 2.28. The Hall–Kier alpha value is -6.32. The Kier molecular flexibility index (Phi) is 17.8. The summed E-state index contributed by atoms with van der Waals surface area (Å²) >= 11 is 0. The molecule has 0 amide bonds. The molecule has 0 saturated heterocycles. The van der Waals surface area contributed by atoms with E-state index in [4.69, 9.17) is 9.97 Å². The molecule has 3 aromatic carbocycles. The van der Waals surface area contributed by atoms with Crippen molar-refractivity contribution in [3.8, 4) is 39.6 Å². The average Bonchev–Trinajstić information content (AvgIpc) is 3.86. The highest BCUT2D eigenvalue weighted by molar-refractivity contribution is 5.76. The summed E-state index contributed by atoms with van der Waals surface area (Å²) in [5.74, 6) is 3.27. The van der Waals surface area contributed by atoms with E-state index < -0.39 is 0 Å². The normalized spacial score (nSPS) is 18.8. The molecule has 0 radical (unpaired) electrons. The molecule has 4 aliphatic carbocycles. The first-order valence-electron chi connectivity index (χ1n) is 27.2. The lowest BCUT2D eigenvalue weighted by Crippen LogP contribution is -2.11. The van der Waals surface area contributed by atoms with Gasteiger partial charge in [0.15, 0.2) is 5.82 Å². The van der Waals surface area contributed by atoms with Gasteiger partial charge >= 0.3 is 0 Å². The fraction of sp³-hybridized carbons (Fsp3) is 0.362. The highest BCUT2D eigenvalue weighted by atomic mass is 15.0. The third kappa shape index (κ3) is 11.6. The van der Waals surface area contributed by atoms with Gasteiger partial charge in [0.25, 0.3) is 0 Å². The van der Waals surface area contributed by atoms with Crippen LogP contribution in [0.3, 0.4) is 0 Å². The topological polar surface area (TPSA) is 30.7 Å². The first-order chi connectivity index (χ1) is 34.7. The Bertz CT molecular complexity index is 2960. The lowest BCUT2D eigenvalue weighted by atomic mass is 9.79. The van der Waals surface area contributed by atoms with E-state index in [0.717, 1.165) is 66.0 Å². The fourth-order valence-electron chi connectivity index (χ4n) is 11.4. The lowest BCUT2D eigenvalue weighted by molar-refractivity contribution is 0.675. The first kappa shape index (κ1) is 53.5. The van der Waals surface area contributed by atoms with Crippen LogP contribution < -0.4 is 0 Å². The van der Waals surface area contributed by atoms with Crippen molar-refractivity contribution in [2.45, 2.75) is 141 Å². The molecule has 2 heterocycles. The second-order valence-corrected chi connectivity index (χ2v) is 21.2. The van der Waals surface area contributed by atoms with Gasteiger partial charge in [-0.25, -0.2) is 9.97 Å². The zero-order valence-corrected chi connectivity index (χ0v) is 46.4. The summed E-state index contributed by atoms with van der Waals surface area (Å²) in [5.41, 5.74) is 26.5. The molecular formula is C69H83N3. The van der Waals surface area contributed by atoms with Crippen LogP contribution in [0.2, 0.25) is 0 Å². The van der Waals surface area contributed by atoms with Gasteiger partial charge in [-0.05, 0) is 196 Å². The summed E-state index contributed by atoms with van der Waals surface area (Å²) in [7, 11) is 0. The predicted octanol–water partition coefficient (Wildman–Crippen LogP) is 19.7. The van der Waals surface area contributed by atoms with E-state index in [1.54, 1.807) is 22.3 Å². The molecule has 0 fully saturated rings. The first-order valence-corrected chi connectivity index (χ1v) is 27.2. The number of hydrogen-bond acceptors (Lipinski definition) is 2. The van der Waals surface area contributed by atoms with Gasteiger partial charge in [0.2, 0.25) is 0 Å². The molecule has 5 atom stereocenters. The molecule has 3 heteroatoms. The van der Waals surface area contributed by atoms with Gasteiger partial charge in [-0.1, -0.05) is 170 Å². The van der Waals surface area contributed by atoms with E-state index in [2.05, 4.69) is 222 Å². The Balaban J connectivity index is 0.000000379. The van der Waals surface area contributed by atoms with E-state index in [9.17, 15) is 0 Å². The maximum Gasteiger partial charge on any atom is 0.160 e. The molecule has 4 aliphatic rings. The molecule has 0 spiro atoms. The summed E-state index contributed by atoms with van der Waals surface area (Å²) < 4.78 is 2.55. The molecule has 5 aromatic rings. The Morgan fingerprint density at radius 1 is 0.736 bits per heavy atom. The lowest BCUT2D eigenvalue weighted by Gasteiger charge is -2.27. The number of hydrogen-bond donors (Lipinski definition) is 0. The summed E-state index contributed by atoms with van der Waals surface area (Å²) in [6.45, 7) is 35.6. The monoisotopic (exact) mass is 954 g/mol. The van der Waals surface area contributed by atoms with Crippen LogP contribution in [-0.4, -0.2) is 14.5 Å². The molecule has 374 valence electrons. The largest absolute Gasteiger partial charge is 0.310 e. The van der Waals surface area contributed by atoms with Gasteiger partial charge in [0.1, 0.15) is 0 Å². The van der Waals surface area contributed by atoms with Crippen LogP contribution >= 0.6 is 0 Å². The average molecular weight is 954 g/mol.